The van der Waals surface area contributed by atoms with Gasteiger partial charge in [0, 0.05) is 36.7 Å². The van der Waals surface area contributed by atoms with Gasteiger partial charge >= 0.3 is 0 Å². The van der Waals surface area contributed by atoms with E-state index in [4.69, 9.17) is 4.74 Å². The van der Waals surface area contributed by atoms with Crippen molar-refractivity contribution in [2.24, 2.45) is 0 Å². The average Bonchev–Trinajstić information content (AvgIpc) is 3.08. The average molecular weight is 322 g/mol. The van der Waals surface area contributed by atoms with Gasteiger partial charge in [0.15, 0.2) is 0 Å². The van der Waals surface area contributed by atoms with Gasteiger partial charge in [-0.05, 0) is 51.8 Å². The number of likely N-dealkylation sites (N-methyl/N-ethyl adjacent to an activating group) is 1. The molecule has 2 aliphatic heterocycles. The lowest BCUT2D eigenvalue weighted by atomic mass is 9.85. The number of aryl methyl sites for hydroxylation is 1. The van der Waals surface area contributed by atoms with Crippen LogP contribution in [0.15, 0.2) is 12.1 Å². The molecule has 22 heavy (non-hydrogen) atoms. The van der Waals surface area contributed by atoms with E-state index in [1.807, 2.05) is 17.0 Å². The standard InChI is InChI=1S/C17H26N2O2S/c1-13-4-5-15(22-13)16(20)19-10-8-17(9-11-19)7-6-14(12-21-3)18(17)2/h4-5,14H,6-12H2,1-3H3. The molecule has 0 radical (unpaired) electrons. The fraction of sp³-hybridized carbons (Fsp3) is 0.706. The summed E-state index contributed by atoms with van der Waals surface area (Å²) in [6.45, 7) is 4.62. The number of thiophene rings is 1. The van der Waals surface area contributed by atoms with Crippen molar-refractivity contribution in [3.63, 3.8) is 0 Å². The summed E-state index contributed by atoms with van der Waals surface area (Å²) < 4.78 is 5.34. The first-order chi connectivity index (χ1) is 10.6. The minimum absolute atomic E-state index is 0.210. The number of carbonyl (C=O) groups is 1. The summed E-state index contributed by atoms with van der Waals surface area (Å²) >= 11 is 1.60. The molecule has 1 aromatic heterocycles. The summed E-state index contributed by atoms with van der Waals surface area (Å²) in [5.41, 5.74) is 0.283. The zero-order valence-corrected chi connectivity index (χ0v) is 14.6. The third-order valence-electron chi connectivity index (χ3n) is 5.53. The SMILES string of the molecule is COCC1CCC2(CCN(C(=O)c3ccc(C)s3)CC2)N1C. The lowest BCUT2D eigenvalue weighted by molar-refractivity contribution is 0.0275. The van der Waals surface area contributed by atoms with E-state index in [-0.39, 0.29) is 11.4 Å². The van der Waals surface area contributed by atoms with Crippen molar-refractivity contribution in [1.82, 2.24) is 9.80 Å². The highest BCUT2D eigenvalue weighted by Crippen LogP contribution is 2.40. The van der Waals surface area contributed by atoms with E-state index in [2.05, 4.69) is 18.9 Å². The van der Waals surface area contributed by atoms with E-state index in [0.29, 0.717) is 6.04 Å². The van der Waals surface area contributed by atoms with E-state index in [1.54, 1.807) is 18.4 Å². The molecular weight excluding hydrogens is 296 g/mol. The number of hydrogen-bond acceptors (Lipinski definition) is 4. The Morgan fingerprint density at radius 3 is 2.68 bits per heavy atom. The van der Waals surface area contributed by atoms with Crippen LogP contribution < -0.4 is 0 Å². The smallest absolute Gasteiger partial charge is 0.263 e. The molecule has 0 N–H and O–H groups in total. The lowest BCUT2D eigenvalue weighted by Crippen LogP contribution is -2.53. The highest BCUT2D eigenvalue weighted by molar-refractivity contribution is 7.13. The van der Waals surface area contributed by atoms with Crippen LogP contribution in [-0.4, -0.2) is 61.1 Å². The van der Waals surface area contributed by atoms with E-state index in [9.17, 15) is 4.79 Å². The van der Waals surface area contributed by atoms with Crippen molar-refractivity contribution in [3.8, 4) is 0 Å². The summed E-state index contributed by atoms with van der Waals surface area (Å²) in [5, 5.41) is 0. The Morgan fingerprint density at radius 2 is 2.09 bits per heavy atom. The van der Waals surface area contributed by atoms with Gasteiger partial charge in [-0.25, -0.2) is 0 Å². The van der Waals surface area contributed by atoms with Crippen LogP contribution in [0.3, 0.4) is 0 Å². The van der Waals surface area contributed by atoms with Crippen LogP contribution >= 0.6 is 11.3 Å². The van der Waals surface area contributed by atoms with Crippen LogP contribution in [0.1, 0.15) is 40.2 Å². The largest absolute Gasteiger partial charge is 0.383 e. The van der Waals surface area contributed by atoms with Gasteiger partial charge in [-0.1, -0.05) is 0 Å². The zero-order chi connectivity index (χ0) is 15.7. The number of rotatable bonds is 3. The Balaban J connectivity index is 1.62. The van der Waals surface area contributed by atoms with E-state index >= 15 is 0 Å². The van der Waals surface area contributed by atoms with Crippen LogP contribution in [0.4, 0.5) is 0 Å². The van der Waals surface area contributed by atoms with Gasteiger partial charge in [0.25, 0.3) is 5.91 Å². The first-order valence-corrected chi connectivity index (χ1v) is 8.95. The molecule has 2 aliphatic rings. The van der Waals surface area contributed by atoms with E-state index < -0.39 is 0 Å². The maximum absolute atomic E-state index is 12.6. The van der Waals surface area contributed by atoms with Crippen LogP contribution in [0.2, 0.25) is 0 Å². The number of methoxy groups -OCH3 is 1. The molecule has 0 aliphatic carbocycles. The minimum atomic E-state index is 0.210. The maximum Gasteiger partial charge on any atom is 0.263 e. The summed E-state index contributed by atoms with van der Waals surface area (Å²) in [4.78, 5) is 19.2. The third kappa shape index (κ3) is 2.82. The van der Waals surface area contributed by atoms with Gasteiger partial charge in [0.1, 0.15) is 0 Å². The highest BCUT2D eigenvalue weighted by atomic mass is 32.1. The van der Waals surface area contributed by atoms with Gasteiger partial charge in [0.05, 0.1) is 11.5 Å². The minimum Gasteiger partial charge on any atom is -0.383 e. The molecule has 2 saturated heterocycles. The monoisotopic (exact) mass is 322 g/mol. The second-order valence-electron chi connectivity index (χ2n) is 6.69. The number of likely N-dealkylation sites (tertiary alicyclic amines) is 2. The van der Waals surface area contributed by atoms with Crippen molar-refractivity contribution < 1.29 is 9.53 Å². The van der Waals surface area contributed by atoms with Crippen LogP contribution in [0.5, 0.6) is 0 Å². The topological polar surface area (TPSA) is 32.8 Å². The molecule has 3 rings (SSSR count). The summed E-state index contributed by atoms with van der Waals surface area (Å²) in [6.07, 6.45) is 4.61. The van der Waals surface area contributed by atoms with Crippen LogP contribution in [0.25, 0.3) is 0 Å². The summed E-state index contributed by atoms with van der Waals surface area (Å²) in [5.74, 6) is 0.210. The quantitative estimate of drug-likeness (QED) is 0.858. The van der Waals surface area contributed by atoms with Crippen molar-refractivity contribution in [2.45, 2.75) is 44.2 Å². The number of piperidine rings is 1. The molecule has 122 valence electrons. The predicted molar refractivity (Wildman–Crippen MR) is 89.6 cm³/mol. The number of hydrogen-bond donors (Lipinski definition) is 0. The number of nitrogens with zero attached hydrogens (tertiary/aromatic N) is 2. The highest BCUT2D eigenvalue weighted by Gasteiger charge is 2.46. The van der Waals surface area contributed by atoms with Crippen molar-refractivity contribution >= 4 is 17.2 Å². The van der Waals surface area contributed by atoms with Gasteiger partial charge in [0.2, 0.25) is 0 Å². The molecule has 3 heterocycles. The van der Waals surface area contributed by atoms with Crippen molar-refractivity contribution in [3.05, 3.63) is 21.9 Å². The molecule has 1 aromatic rings. The maximum atomic E-state index is 12.6. The lowest BCUT2D eigenvalue weighted by Gasteiger charge is -2.45. The van der Waals surface area contributed by atoms with Crippen LogP contribution in [-0.2, 0) is 4.74 Å². The Morgan fingerprint density at radius 1 is 1.36 bits per heavy atom. The Hall–Kier alpha value is -0.910. The van der Waals surface area contributed by atoms with Gasteiger partial charge in [-0.3, -0.25) is 9.69 Å². The Bertz CT molecular complexity index is 535. The normalized spacial score (nSPS) is 25.0. The predicted octanol–water partition coefficient (Wildman–Crippen LogP) is 2.77. The molecule has 0 aromatic carbocycles. The first-order valence-electron chi connectivity index (χ1n) is 8.13. The third-order valence-corrected chi connectivity index (χ3v) is 6.52. The van der Waals surface area contributed by atoms with Crippen molar-refractivity contribution in [2.75, 3.05) is 33.9 Å². The number of carbonyl (C=O) groups excluding carboxylic acids is 1. The van der Waals surface area contributed by atoms with E-state index in [1.165, 1.54) is 17.7 Å². The number of ether oxygens (including phenoxy) is 1. The van der Waals surface area contributed by atoms with Crippen LogP contribution in [0, 0.1) is 6.92 Å². The Labute approximate surface area is 137 Å². The van der Waals surface area contributed by atoms with Gasteiger partial charge in [-0.15, -0.1) is 11.3 Å². The Kier molecular flexibility index (Phi) is 4.57. The molecule has 1 unspecified atom stereocenters. The van der Waals surface area contributed by atoms with Gasteiger partial charge in [-0.2, -0.15) is 0 Å². The molecule has 5 heteroatoms. The zero-order valence-electron chi connectivity index (χ0n) is 13.8. The fourth-order valence-electron chi connectivity index (χ4n) is 4.01. The van der Waals surface area contributed by atoms with E-state index in [0.717, 1.165) is 37.4 Å². The van der Waals surface area contributed by atoms with Crippen molar-refractivity contribution in [1.29, 1.82) is 0 Å². The molecule has 2 fully saturated rings. The molecule has 0 bridgehead atoms. The fourth-order valence-corrected chi connectivity index (χ4v) is 4.85. The molecule has 1 amide bonds. The first kappa shape index (κ1) is 16.0. The van der Waals surface area contributed by atoms with Gasteiger partial charge < -0.3 is 9.64 Å². The molecular formula is C17H26N2O2S. The molecule has 0 saturated carbocycles. The summed E-state index contributed by atoms with van der Waals surface area (Å²) in [7, 11) is 4.01. The molecule has 1 spiro atoms. The molecule has 1 atom stereocenters. The number of amides is 1. The summed E-state index contributed by atoms with van der Waals surface area (Å²) in [6, 6.07) is 4.53. The second kappa shape index (κ2) is 6.30. The second-order valence-corrected chi connectivity index (χ2v) is 7.97. The molecule has 4 nitrogen and oxygen atoms in total.